The summed E-state index contributed by atoms with van der Waals surface area (Å²) in [5, 5.41) is 4.31. The van der Waals surface area contributed by atoms with Crippen LogP contribution in [0, 0.1) is 0 Å². The molecule has 3 rings (SSSR count). The first-order chi connectivity index (χ1) is 6.80. The summed E-state index contributed by atoms with van der Waals surface area (Å²) in [5.41, 5.74) is -1.02. The topological polar surface area (TPSA) is 53.8 Å². The molecule has 1 aromatic rings. The van der Waals surface area contributed by atoms with E-state index in [1.165, 1.54) is 6.34 Å². The third kappa shape index (κ3) is 0.797. The highest BCUT2D eigenvalue weighted by Crippen LogP contribution is 2.19. The zero-order chi connectivity index (χ0) is 9.60. The minimum absolute atomic E-state index is 0.186. The van der Waals surface area contributed by atoms with Crippen LogP contribution in [0.5, 0.6) is 0 Å². The number of amides is 1. The van der Waals surface area contributed by atoms with Crippen molar-refractivity contribution in [3.8, 4) is 0 Å². The summed E-state index contributed by atoms with van der Waals surface area (Å²) in [6, 6.07) is 7.61. The van der Waals surface area contributed by atoms with E-state index in [1.54, 1.807) is 6.08 Å². The van der Waals surface area contributed by atoms with E-state index in [9.17, 15) is 4.79 Å². The van der Waals surface area contributed by atoms with Crippen molar-refractivity contribution in [1.82, 2.24) is 5.32 Å². The van der Waals surface area contributed by atoms with Gasteiger partial charge in [0.05, 0.1) is 11.7 Å². The van der Waals surface area contributed by atoms with Crippen LogP contribution in [0.1, 0.15) is 0 Å². The van der Waals surface area contributed by atoms with E-state index in [0.29, 0.717) is 0 Å². The van der Waals surface area contributed by atoms with E-state index in [4.69, 9.17) is 0 Å². The summed E-state index contributed by atoms with van der Waals surface area (Å²) in [5.74, 6) is -0.186. The Labute approximate surface area is 79.7 Å². The molecule has 0 saturated carbocycles. The van der Waals surface area contributed by atoms with Crippen molar-refractivity contribution in [2.24, 2.45) is 9.98 Å². The molecule has 0 aromatic heterocycles. The Balaban J connectivity index is 2.32. The standard InChI is InChI=1S/C10H7N3O/c14-9-10(12-6-11-9)5-7-3-1-2-4-8(7)13-10/h1-6H,(H,11,12,14). The fraction of sp³-hybridized carbons (Fsp3) is 0.100. The van der Waals surface area contributed by atoms with Gasteiger partial charge in [0.2, 0.25) is 0 Å². The largest absolute Gasteiger partial charge is 0.313 e. The van der Waals surface area contributed by atoms with Gasteiger partial charge in [-0.1, -0.05) is 18.2 Å². The number of benzene rings is 1. The van der Waals surface area contributed by atoms with Crippen LogP contribution in [-0.4, -0.2) is 17.9 Å². The zero-order valence-corrected chi connectivity index (χ0v) is 7.27. The molecular weight excluding hydrogens is 178 g/mol. The predicted octanol–water partition coefficient (Wildman–Crippen LogP) is -1.05. The van der Waals surface area contributed by atoms with E-state index >= 15 is 0 Å². The van der Waals surface area contributed by atoms with Crippen molar-refractivity contribution in [2.75, 3.05) is 0 Å². The van der Waals surface area contributed by atoms with Crippen LogP contribution in [0.3, 0.4) is 0 Å². The summed E-state index contributed by atoms with van der Waals surface area (Å²) in [6.45, 7) is 0. The molecule has 4 heteroatoms. The molecule has 0 saturated heterocycles. The quantitative estimate of drug-likeness (QED) is 0.551. The number of hydrogen-bond donors (Lipinski definition) is 1. The smallest absolute Gasteiger partial charge is 0.279 e. The number of para-hydroxylation sites is 1. The zero-order valence-electron chi connectivity index (χ0n) is 7.27. The number of carbonyl (C=O) groups excluding carboxylic acids is 1. The summed E-state index contributed by atoms with van der Waals surface area (Å²) in [6.07, 6.45) is 3.18. The third-order valence-corrected chi connectivity index (χ3v) is 2.38. The summed E-state index contributed by atoms with van der Waals surface area (Å²) in [4.78, 5) is 19.9. The molecule has 2 aliphatic rings. The highest BCUT2D eigenvalue weighted by Gasteiger charge is 2.39. The molecule has 0 radical (unpaired) electrons. The number of carbonyl (C=O) groups is 1. The average Bonchev–Trinajstić information content (AvgIpc) is 2.71. The Kier molecular flexibility index (Phi) is 1.21. The third-order valence-electron chi connectivity index (χ3n) is 2.38. The molecule has 1 N–H and O–H groups in total. The van der Waals surface area contributed by atoms with E-state index < -0.39 is 5.66 Å². The van der Waals surface area contributed by atoms with Crippen molar-refractivity contribution < 1.29 is 4.79 Å². The van der Waals surface area contributed by atoms with Crippen LogP contribution in [0.25, 0.3) is 6.08 Å². The van der Waals surface area contributed by atoms with Crippen molar-refractivity contribution in [3.05, 3.63) is 34.8 Å². The van der Waals surface area contributed by atoms with Gasteiger partial charge in [-0.25, -0.2) is 9.98 Å². The van der Waals surface area contributed by atoms with Crippen molar-refractivity contribution in [1.29, 1.82) is 0 Å². The molecule has 1 atom stereocenters. The Hall–Kier alpha value is -1.97. The van der Waals surface area contributed by atoms with Crippen LogP contribution < -0.4 is 15.9 Å². The van der Waals surface area contributed by atoms with Crippen LogP contribution in [0.4, 0.5) is 0 Å². The lowest BCUT2D eigenvalue weighted by Gasteiger charge is -2.08. The number of nitrogens with one attached hydrogen (secondary N) is 1. The van der Waals surface area contributed by atoms with E-state index in [2.05, 4.69) is 15.3 Å². The highest BCUT2D eigenvalue weighted by atomic mass is 16.2. The molecule has 68 valence electrons. The molecule has 1 unspecified atom stereocenters. The Morgan fingerprint density at radius 1 is 1.29 bits per heavy atom. The van der Waals surface area contributed by atoms with Gasteiger partial charge in [-0.05, 0) is 12.1 Å². The maximum atomic E-state index is 11.5. The first-order valence-electron chi connectivity index (χ1n) is 4.33. The van der Waals surface area contributed by atoms with Crippen molar-refractivity contribution >= 4 is 18.3 Å². The van der Waals surface area contributed by atoms with Gasteiger partial charge in [0.15, 0.2) is 0 Å². The summed E-state index contributed by atoms with van der Waals surface area (Å²) >= 11 is 0. The number of rotatable bonds is 0. The molecule has 2 heterocycles. The fourth-order valence-electron chi connectivity index (χ4n) is 1.68. The number of nitrogens with zero attached hydrogens (tertiary/aromatic N) is 2. The molecule has 1 spiro atoms. The average molecular weight is 185 g/mol. The van der Waals surface area contributed by atoms with Gasteiger partial charge in [-0.3, -0.25) is 4.79 Å². The number of hydrogen-bond acceptors (Lipinski definition) is 3. The lowest BCUT2D eigenvalue weighted by Crippen LogP contribution is -2.34. The maximum Gasteiger partial charge on any atom is 0.279 e. The predicted molar refractivity (Wildman–Crippen MR) is 51.1 cm³/mol. The minimum atomic E-state index is -1.02. The lowest BCUT2D eigenvalue weighted by atomic mass is 10.1. The van der Waals surface area contributed by atoms with E-state index in [0.717, 1.165) is 10.6 Å². The molecule has 1 amide bonds. The number of fused-ring (bicyclic) bond motifs is 1. The van der Waals surface area contributed by atoms with E-state index in [1.807, 2.05) is 24.3 Å². The molecule has 4 nitrogen and oxygen atoms in total. The van der Waals surface area contributed by atoms with Crippen molar-refractivity contribution in [3.63, 3.8) is 0 Å². The van der Waals surface area contributed by atoms with Crippen LogP contribution in [-0.2, 0) is 4.79 Å². The van der Waals surface area contributed by atoms with Gasteiger partial charge in [-0.15, -0.1) is 0 Å². The lowest BCUT2D eigenvalue weighted by molar-refractivity contribution is -0.121. The van der Waals surface area contributed by atoms with Crippen LogP contribution in [0.15, 0.2) is 34.3 Å². The SMILES string of the molecule is O=C1NC=NC12C=c1ccccc1=N2. The van der Waals surface area contributed by atoms with Crippen LogP contribution in [0.2, 0.25) is 0 Å². The molecule has 1 aromatic carbocycles. The van der Waals surface area contributed by atoms with Gasteiger partial charge in [-0.2, -0.15) is 0 Å². The van der Waals surface area contributed by atoms with Gasteiger partial charge >= 0.3 is 0 Å². The van der Waals surface area contributed by atoms with Gasteiger partial charge in [0, 0.05) is 5.22 Å². The Morgan fingerprint density at radius 2 is 2.14 bits per heavy atom. The fourth-order valence-corrected chi connectivity index (χ4v) is 1.68. The highest BCUT2D eigenvalue weighted by molar-refractivity contribution is 6.04. The molecular formula is C10H7N3O. The van der Waals surface area contributed by atoms with Crippen LogP contribution >= 0.6 is 0 Å². The summed E-state index contributed by atoms with van der Waals surface area (Å²) < 4.78 is 0. The molecule has 2 aliphatic heterocycles. The van der Waals surface area contributed by atoms with Gasteiger partial charge in [0.1, 0.15) is 0 Å². The first-order valence-corrected chi connectivity index (χ1v) is 4.33. The molecule has 0 bridgehead atoms. The second-order valence-electron chi connectivity index (χ2n) is 3.27. The van der Waals surface area contributed by atoms with Gasteiger partial charge < -0.3 is 5.32 Å². The molecule has 14 heavy (non-hydrogen) atoms. The second-order valence-corrected chi connectivity index (χ2v) is 3.27. The monoisotopic (exact) mass is 185 g/mol. The molecule has 0 aliphatic carbocycles. The number of aliphatic imine (C=N–C) groups is 1. The Morgan fingerprint density at radius 3 is 2.86 bits per heavy atom. The van der Waals surface area contributed by atoms with Gasteiger partial charge in [0.25, 0.3) is 11.6 Å². The Bertz CT molecular complexity index is 524. The second kappa shape index (κ2) is 2.29. The normalized spacial score (nSPS) is 27.0. The maximum absolute atomic E-state index is 11.5. The molecule has 0 fully saturated rings. The summed E-state index contributed by atoms with van der Waals surface area (Å²) in [7, 11) is 0. The van der Waals surface area contributed by atoms with Crippen molar-refractivity contribution in [2.45, 2.75) is 5.66 Å². The first kappa shape index (κ1) is 7.44. The minimum Gasteiger partial charge on any atom is -0.313 e. The van der Waals surface area contributed by atoms with E-state index in [-0.39, 0.29) is 5.91 Å².